The minimum atomic E-state index is -2.12. The third-order valence-electron chi connectivity index (χ3n) is 0.940. The zero-order valence-electron chi connectivity index (χ0n) is 6.65. The van der Waals surface area contributed by atoms with E-state index >= 15 is 0 Å². The molecule has 0 amide bonds. The van der Waals surface area contributed by atoms with Crippen molar-refractivity contribution < 1.29 is 8.42 Å². The lowest BCUT2D eigenvalue weighted by atomic mass is 10.2. The first-order valence-corrected chi connectivity index (χ1v) is 4.85. The van der Waals surface area contributed by atoms with Crippen LogP contribution in [-0.4, -0.2) is 14.7 Å². The topological polar surface area (TPSA) is 34.1 Å². The van der Waals surface area contributed by atoms with Gasteiger partial charge in [-0.3, -0.25) is 0 Å². The Labute approximate surface area is 68.8 Å². The average Bonchev–Trinajstić information content (AvgIpc) is 1.87. The summed E-state index contributed by atoms with van der Waals surface area (Å²) in [6.45, 7) is 2.08. The van der Waals surface area contributed by atoms with Crippen molar-refractivity contribution in [2.75, 3.05) is 6.26 Å². The van der Waals surface area contributed by atoms with Crippen LogP contribution in [0.25, 0.3) is 0 Å². The van der Waals surface area contributed by atoms with Crippen LogP contribution in [0.15, 0.2) is 30.3 Å². The summed E-state index contributed by atoms with van der Waals surface area (Å²) in [7, 11) is -2.12. The van der Waals surface area contributed by atoms with Gasteiger partial charge in [0.05, 0.1) is 0 Å². The summed E-state index contributed by atoms with van der Waals surface area (Å²) >= 11 is 0. The molecular weight excluding hydrogens is 160 g/mol. The Balaban J connectivity index is 0.000000218. The lowest BCUT2D eigenvalue weighted by Crippen LogP contribution is -1.62. The Morgan fingerprint density at radius 2 is 1.45 bits per heavy atom. The van der Waals surface area contributed by atoms with Gasteiger partial charge >= 0.3 is 0 Å². The van der Waals surface area contributed by atoms with Crippen LogP contribution in [0, 0.1) is 6.92 Å². The second kappa shape index (κ2) is 5.92. The van der Waals surface area contributed by atoms with Crippen molar-refractivity contribution in [1.82, 2.24) is 0 Å². The molecule has 0 unspecified atom stereocenters. The highest BCUT2D eigenvalue weighted by Gasteiger charge is 1.72. The third kappa shape index (κ3) is 9.17. The Hall–Kier alpha value is -0.830. The molecule has 11 heavy (non-hydrogen) atoms. The Bertz CT molecular complexity index is 244. The van der Waals surface area contributed by atoms with E-state index in [9.17, 15) is 0 Å². The molecule has 0 saturated heterocycles. The van der Waals surface area contributed by atoms with Crippen molar-refractivity contribution >= 4 is 10.7 Å². The number of hydrogen-bond acceptors (Lipinski definition) is 2. The van der Waals surface area contributed by atoms with Crippen molar-refractivity contribution in [1.29, 1.82) is 0 Å². The van der Waals surface area contributed by atoms with Crippen molar-refractivity contribution in [3.63, 3.8) is 0 Å². The molecule has 3 heteroatoms. The van der Waals surface area contributed by atoms with Crippen molar-refractivity contribution in [3.05, 3.63) is 35.9 Å². The lowest BCUT2D eigenvalue weighted by molar-refractivity contribution is 0.619. The smallest absolute Gasteiger partial charge is 0.137 e. The first-order valence-electron chi connectivity index (χ1n) is 3.22. The van der Waals surface area contributed by atoms with Gasteiger partial charge in [-0.25, -0.2) is 8.42 Å². The van der Waals surface area contributed by atoms with Gasteiger partial charge in [0.2, 0.25) is 0 Å². The van der Waals surface area contributed by atoms with Gasteiger partial charge < -0.3 is 0 Å². The standard InChI is InChI=1S/C7H8.CH4O2S/c1-7-5-3-2-4-6-7;1-4(2)3/h2-6H,1H3;4H,1H3. The van der Waals surface area contributed by atoms with Crippen LogP contribution in [0.5, 0.6) is 0 Å². The van der Waals surface area contributed by atoms with E-state index in [1.807, 2.05) is 18.2 Å². The van der Waals surface area contributed by atoms with Crippen LogP contribution in [0.4, 0.5) is 0 Å². The molecule has 0 N–H and O–H groups in total. The molecule has 1 aromatic carbocycles. The summed E-state index contributed by atoms with van der Waals surface area (Å²) in [5, 5.41) is 0. The van der Waals surface area contributed by atoms with E-state index in [1.54, 1.807) is 0 Å². The molecule has 0 saturated carbocycles. The fourth-order valence-electron chi connectivity index (χ4n) is 0.534. The molecule has 62 valence electrons. The molecular formula is C8H12O2S. The summed E-state index contributed by atoms with van der Waals surface area (Å²) in [5.41, 5.74) is 1.32. The Kier molecular flexibility index (Phi) is 5.47. The van der Waals surface area contributed by atoms with Crippen LogP contribution in [-0.2, 0) is 10.7 Å². The minimum Gasteiger partial charge on any atom is -0.232 e. The van der Waals surface area contributed by atoms with Gasteiger partial charge in [-0.2, -0.15) is 0 Å². The van der Waals surface area contributed by atoms with Crippen LogP contribution >= 0.6 is 0 Å². The molecule has 0 aromatic heterocycles. The second-order valence-corrected chi connectivity index (χ2v) is 2.97. The largest absolute Gasteiger partial charge is 0.232 e. The van der Waals surface area contributed by atoms with E-state index in [4.69, 9.17) is 8.42 Å². The Morgan fingerprint density at radius 1 is 1.09 bits per heavy atom. The normalized spacial score (nSPS) is 8.64. The number of thiol groups is 1. The van der Waals surface area contributed by atoms with E-state index in [0.29, 0.717) is 0 Å². The average molecular weight is 172 g/mol. The molecule has 1 rings (SSSR count). The van der Waals surface area contributed by atoms with Crippen LogP contribution in [0.3, 0.4) is 0 Å². The summed E-state index contributed by atoms with van der Waals surface area (Å²) in [6.07, 6.45) is 1.12. The summed E-state index contributed by atoms with van der Waals surface area (Å²) in [5.74, 6) is 0. The van der Waals surface area contributed by atoms with Crippen molar-refractivity contribution in [2.24, 2.45) is 0 Å². The second-order valence-electron chi connectivity index (χ2n) is 2.09. The molecule has 0 atom stereocenters. The van der Waals surface area contributed by atoms with E-state index < -0.39 is 10.7 Å². The van der Waals surface area contributed by atoms with Gasteiger partial charge in [-0.15, -0.1) is 0 Å². The van der Waals surface area contributed by atoms with Crippen LogP contribution in [0.1, 0.15) is 5.56 Å². The van der Waals surface area contributed by atoms with E-state index in [2.05, 4.69) is 19.1 Å². The monoisotopic (exact) mass is 172 g/mol. The molecule has 0 heterocycles. The highest BCUT2D eigenvalue weighted by molar-refractivity contribution is 7.71. The number of benzene rings is 1. The number of rotatable bonds is 0. The molecule has 0 bridgehead atoms. The summed E-state index contributed by atoms with van der Waals surface area (Å²) in [6, 6.07) is 10.3. The molecule has 0 radical (unpaired) electrons. The van der Waals surface area contributed by atoms with E-state index in [0.717, 1.165) is 6.26 Å². The number of aryl methyl sites for hydroxylation is 1. The predicted molar refractivity (Wildman–Crippen MR) is 47.4 cm³/mol. The zero-order chi connectivity index (χ0) is 8.69. The molecule has 0 spiro atoms. The molecule has 2 nitrogen and oxygen atoms in total. The number of hydrogen-bond donors (Lipinski definition) is 1. The van der Waals surface area contributed by atoms with Gasteiger partial charge in [-0.1, -0.05) is 35.9 Å². The van der Waals surface area contributed by atoms with Crippen LogP contribution < -0.4 is 0 Å². The van der Waals surface area contributed by atoms with E-state index in [1.165, 1.54) is 5.56 Å². The molecule has 0 fully saturated rings. The van der Waals surface area contributed by atoms with Crippen LogP contribution in [0.2, 0.25) is 0 Å². The fraction of sp³-hybridized carbons (Fsp3) is 0.250. The maximum atomic E-state index is 9.04. The first kappa shape index (κ1) is 10.2. The fourth-order valence-corrected chi connectivity index (χ4v) is 0.534. The SMILES string of the molecule is C[SH](=O)=O.Cc1ccccc1. The molecule has 1 aromatic rings. The van der Waals surface area contributed by atoms with Gasteiger partial charge in [0.1, 0.15) is 10.7 Å². The highest BCUT2D eigenvalue weighted by atomic mass is 32.2. The minimum absolute atomic E-state index is 1.12. The van der Waals surface area contributed by atoms with Gasteiger partial charge in [0.25, 0.3) is 0 Å². The summed E-state index contributed by atoms with van der Waals surface area (Å²) in [4.78, 5) is 0. The third-order valence-corrected chi connectivity index (χ3v) is 0.940. The van der Waals surface area contributed by atoms with Gasteiger partial charge in [-0.05, 0) is 6.92 Å². The molecule has 0 aliphatic heterocycles. The van der Waals surface area contributed by atoms with E-state index in [-0.39, 0.29) is 0 Å². The first-order chi connectivity index (χ1) is 5.13. The maximum Gasteiger partial charge on any atom is 0.137 e. The van der Waals surface area contributed by atoms with Crippen molar-refractivity contribution in [3.8, 4) is 0 Å². The maximum absolute atomic E-state index is 9.04. The molecule has 0 aliphatic carbocycles. The predicted octanol–water partition coefficient (Wildman–Crippen LogP) is 1.22. The summed E-state index contributed by atoms with van der Waals surface area (Å²) < 4.78 is 18.1. The van der Waals surface area contributed by atoms with Gasteiger partial charge in [0.15, 0.2) is 0 Å². The zero-order valence-corrected chi connectivity index (χ0v) is 7.54. The van der Waals surface area contributed by atoms with Gasteiger partial charge in [0, 0.05) is 6.26 Å². The highest BCUT2D eigenvalue weighted by Crippen LogP contribution is 1.92. The van der Waals surface area contributed by atoms with Crippen molar-refractivity contribution in [2.45, 2.75) is 6.92 Å². The lowest BCUT2D eigenvalue weighted by Gasteiger charge is -1.82. The Morgan fingerprint density at radius 3 is 1.64 bits per heavy atom. The molecule has 0 aliphatic rings. The quantitative estimate of drug-likeness (QED) is 0.597.